The molecule has 6 aromatic rings. The fourth-order valence-electron chi connectivity index (χ4n) is 11.5. The van der Waals surface area contributed by atoms with Gasteiger partial charge in [0.25, 0.3) is 11.8 Å². The highest BCUT2D eigenvalue weighted by Gasteiger charge is 2.39. The highest BCUT2D eigenvalue weighted by molar-refractivity contribution is 6.08. The van der Waals surface area contributed by atoms with Crippen molar-refractivity contribution in [3.05, 3.63) is 120 Å². The topological polar surface area (TPSA) is 217 Å². The lowest BCUT2D eigenvalue weighted by atomic mass is 9.90. The molecular formula is C60H76N12O6. The third-order valence-electron chi connectivity index (χ3n) is 16.3. The summed E-state index contributed by atoms with van der Waals surface area (Å²) in [7, 11) is 3.43. The lowest BCUT2D eigenvalue weighted by Gasteiger charge is -2.32. The Morgan fingerprint density at radius 2 is 0.910 bits per heavy atom. The number of para-hydroxylation sites is 2. The fourth-order valence-corrected chi connectivity index (χ4v) is 11.5. The van der Waals surface area contributed by atoms with Gasteiger partial charge >= 0.3 is 0 Å². The van der Waals surface area contributed by atoms with Crippen LogP contribution in [0.3, 0.4) is 0 Å². The van der Waals surface area contributed by atoms with Crippen LogP contribution in [-0.2, 0) is 19.2 Å². The van der Waals surface area contributed by atoms with Gasteiger partial charge in [-0.25, -0.2) is 0 Å². The lowest BCUT2D eigenvalue weighted by molar-refractivity contribution is -0.139. The van der Waals surface area contributed by atoms with Crippen molar-refractivity contribution in [3.63, 3.8) is 0 Å². The van der Waals surface area contributed by atoms with E-state index in [4.69, 9.17) is 0 Å². The van der Waals surface area contributed by atoms with Crippen LogP contribution in [0.25, 0.3) is 33.2 Å². The van der Waals surface area contributed by atoms with Crippen LogP contribution in [0.5, 0.6) is 0 Å². The molecule has 0 radical (unpaired) electrons. The van der Waals surface area contributed by atoms with E-state index >= 15 is 0 Å². The Labute approximate surface area is 456 Å². The molecule has 2 saturated heterocycles. The van der Waals surface area contributed by atoms with E-state index in [1.807, 2.05) is 120 Å². The fraction of sp³-hybridized carbons (Fsp3) is 0.467. The van der Waals surface area contributed by atoms with Gasteiger partial charge in [0, 0.05) is 60.7 Å². The zero-order chi connectivity index (χ0) is 55.4. The van der Waals surface area contributed by atoms with Crippen molar-refractivity contribution in [2.75, 3.05) is 27.2 Å². The minimum absolute atomic E-state index is 0.0885. The van der Waals surface area contributed by atoms with Gasteiger partial charge in [-0.2, -0.15) is 0 Å². The molecule has 18 heteroatoms. The maximum absolute atomic E-state index is 14.2. The normalized spacial score (nSPS) is 20.2. The Bertz CT molecular complexity index is 2970. The molecule has 18 nitrogen and oxygen atoms in total. The average Bonchev–Trinajstić information content (AvgIpc) is 4.38. The molecule has 2 aromatic carbocycles. The van der Waals surface area contributed by atoms with E-state index in [0.29, 0.717) is 49.9 Å². The van der Waals surface area contributed by atoms with Crippen LogP contribution in [0.4, 0.5) is 0 Å². The van der Waals surface area contributed by atoms with Crippen molar-refractivity contribution < 1.29 is 28.8 Å². The van der Waals surface area contributed by atoms with Gasteiger partial charge in [0.2, 0.25) is 23.6 Å². The third-order valence-corrected chi connectivity index (χ3v) is 16.3. The molecule has 78 heavy (non-hydrogen) atoms. The number of fused-ring (bicyclic) bond motifs is 2. The number of carbonyl (C=O) groups excluding carboxylic acids is 6. The Morgan fingerprint density at radius 3 is 1.28 bits per heavy atom. The number of hydrogen-bond donors (Lipinski definition) is 6. The number of aromatic nitrogens is 4. The summed E-state index contributed by atoms with van der Waals surface area (Å²) in [4.78, 5) is 95.5. The summed E-state index contributed by atoms with van der Waals surface area (Å²) in [6.45, 7) is 12.5. The summed E-state index contributed by atoms with van der Waals surface area (Å²) in [5.41, 5.74) is 6.11. The summed E-state index contributed by atoms with van der Waals surface area (Å²) < 4.78 is 3.97. The second kappa shape index (κ2) is 24.1. The smallest absolute Gasteiger partial charge is 0.253 e. The number of amides is 6. The van der Waals surface area contributed by atoms with Gasteiger partial charge in [0.15, 0.2) is 0 Å². The molecular weight excluding hydrogens is 985 g/mol. The first-order valence-corrected chi connectivity index (χ1v) is 27.9. The van der Waals surface area contributed by atoms with E-state index in [-0.39, 0.29) is 71.4 Å². The molecule has 4 aromatic heterocycles. The third kappa shape index (κ3) is 11.6. The number of likely N-dealkylation sites (N-methyl/N-ethyl adjacent to an activating group) is 2. The molecule has 3 fully saturated rings. The number of pyridine rings is 2. The van der Waals surface area contributed by atoms with Crippen molar-refractivity contribution in [3.8, 4) is 11.4 Å². The molecule has 3 aliphatic rings. The molecule has 2 aliphatic heterocycles. The van der Waals surface area contributed by atoms with Crippen LogP contribution in [0.2, 0.25) is 0 Å². The van der Waals surface area contributed by atoms with Crippen LogP contribution >= 0.6 is 0 Å². The Morgan fingerprint density at radius 1 is 0.526 bits per heavy atom. The summed E-state index contributed by atoms with van der Waals surface area (Å²) in [6.07, 6.45) is 16.8. The van der Waals surface area contributed by atoms with Gasteiger partial charge in [-0.1, -0.05) is 64.1 Å². The molecule has 412 valence electrons. The van der Waals surface area contributed by atoms with E-state index < -0.39 is 24.2 Å². The first kappa shape index (κ1) is 55.3. The standard InChI is InChI=1S/C60H76N12O6/c1-35(2)53(67-55(73)37(5)61-7)59(77)69-25-13-19-49(69)39-27-43(31-63-29-39)71-33-47(45-15-9-11-17-51(45)71)57(75)65-41-21-23-42(24-22-41)66-58(76)48-34-72(52-18-12-10-16-46(48)52)44-28-40(30-64-32-44)50-20-14-26-70(50)60(78)54(36(3)4)68-56(74)38(6)62-8/h9-12,15-18,27-38,41-42,49-50,53-54,61-62H,13-14,19-26H2,1-8H3,(H,65,75)(H,66,76)(H,67,73)(H,68,74)/t37-,38-,41-,42-,49-,50-,53-,54-/m0/s1. The minimum Gasteiger partial charge on any atom is -0.349 e. The molecule has 0 spiro atoms. The van der Waals surface area contributed by atoms with Gasteiger partial charge in [-0.3, -0.25) is 38.7 Å². The molecule has 0 unspecified atom stereocenters. The van der Waals surface area contributed by atoms with Gasteiger partial charge in [0.05, 0.1) is 70.1 Å². The highest BCUT2D eigenvalue weighted by Crippen LogP contribution is 2.37. The van der Waals surface area contributed by atoms with E-state index in [0.717, 1.165) is 70.0 Å². The van der Waals surface area contributed by atoms with E-state index in [9.17, 15) is 28.8 Å². The molecule has 6 atom stereocenters. The van der Waals surface area contributed by atoms with Crippen LogP contribution in [0, 0.1) is 11.8 Å². The van der Waals surface area contributed by atoms with Crippen LogP contribution in [0.15, 0.2) is 97.8 Å². The molecule has 1 saturated carbocycles. The van der Waals surface area contributed by atoms with Gasteiger partial charge in [-0.05, 0) is 127 Å². The van der Waals surface area contributed by atoms with Gasteiger partial charge in [-0.15, -0.1) is 0 Å². The second-order valence-electron chi connectivity index (χ2n) is 22.2. The first-order valence-electron chi connectivity index (χ1n) is 27.9. The predicted molar refractivity (Wildman–Crippen MR) is 301 cm³/mol. The number of benzene rings is 2. The lowest BCUT2D eigenvalue weighted by Crippen LogP contribution is -2.54. The molecule has 1 aliphatic carbocycles. The quantitative estimate of drug-likeness (QED) is 0.0538. The predicted octanol–water partition coefficient (Wildman–Crippen LogP) is 6.66. The average molecular weight is 1060 g/mol. The molecule has 6 N–H and O–H groups in total. The summed E-state index contributed by atoms with van der Waals surface area (Å²) >= 11 is 0. The summed E-state index contributed by atoms with van der Waals surface area (Å²) in [6, 6.07) is 16.9. The number of carbonyl (C=O) groups is 6. The molecule has 0 bridgehead atoms. The van der Waals surface area contributed by atoms with Crippen LogP contribution in [-0.4, -0.2) is 128 Å². The molecule has 9 rings (SSSR count). The van der Waals surface area contributed by atoms with E-state index in [2.05, 4.69) is 41.9 Å². The van der Waals surface area contributed by atoms with Crippen LogP contribution in [0.1, 0.15) is 137 Å². The maximum atomic E-state index is 14.2. The Hall–Kier alpha value is -7.44. The van der Waals surface area contributed by atoms with Crippen molar-refractivity contribution in [1.82, 2.24) is 60.8 Å². The number of hydrogen-bond acceptors (Lipinski definition) is 10. The first-order chi connectivity index (χ1) is 37.6. The zero-order valence-corrected chi connectivity index (χ0v) is 46.2. The second-order valence-corrected chi connectivity index (χ2v) is 22.2. The van der Waals surface area contributed by atoms with E-state index in [1.54, 1.807) is 52.7 Å². The highest BCUT2D eigenvalue weighted by atomic mass is 16.2. The van der Waals surface area contributed by atoms with Crippen molar-refractivity contribution >= 4 is 57.2 Å². The van der Waals surface area contributed by atoms with Crippen molar-refractivity contribution in [2.24, 2.45) is 11.8 Å². The maximum Gasteiger partial charge on any atom is 0.253 e. The minimum atomic E-state index is -0.668. The number of nitrogens with zero attached hydrogens (tertiary/aromatic N) is 6. The Balaban J connectivity index is 0.849. The van der Waals surface area contributed by atoms with Crippen molar-refractivity contribution in [2.45, 2.75) is 141 Å². The number of likely N-dealkylation sites (tertiary alicyclic amines) is 2. The van der Waals surface area contributed by atoms with E-state index in [1.165, 1.54) is 0 Å². The molecule has 6 amide bonds. The Kier molecular flexibility index (Phi) is 17.1. The van der Waals surface area contributed by atoms with Gasteiger partial charge in [0.1, 0.15) is 12.1 Å². The molecule has 6 heterocycles. The summed E-state index contributed by atoms with van der Waals surface area (Å²) in [5.74, 6) is -1.23. The SMILES string of the molecule is CN[C@@H](C)C(=O)N[C@H](C(=O)N1CCC[C@H]1c1cncc(-n2cc(C(=O)N[C@H]3CC[C@H](NC(=O)c4cn(-c5cncc([C@@H]6CCCN6C(=O)[C@@H](NC(=O)[C@H](C)NC)C(C)C)c5)c5ccccc45)CC3)c3ccccc32)c1)C(C)C. The van der Waals surface area contributed by atoms with Crippen LogP contribution < -0.4 is 31.9 Å². The van der Waals surface area contributed by atoms with Crippen molar-refractivity contribution in [1.29, 1.82) is 0 Å². The van der Waals surface area contributed by atoms with Gasteiger partial charge < -0.3 is 50.8 Å². The summed E-state index contributed by atoms with van der Waals surface area (Å²) in [5, 5.41) is 20.1. The zero-order valence-electron chi connectivity index (χ0n) is 46.2. The largest absolute Gasteiger partial charge is 0.349 e. The number of nitrogens with one attached hydrogen (secondary N) is 6. The monoisotopic (exact) mass is 1060 g/mol. The number of rotatable bonds is 18.